The molecule has 1 aliphatic heterocycles. The van der Waals surface area contributed by atoms with Crippen LogP contribution in [0.5, 0.6) is 11.5 Å². The summed E-state index contributed by atoms with van der Waals surface area (Å²) in [5.41, 5.74) is 1.58. The normalized spacial score (nSPS) is 12.6. The molecule has 0 atom stereocenters. The fourth-order valence-electron chi connectivity index (χ4n) is 2.98. The first kappa shape index (κ1) is 19.3. The third-order valence-corrected chi connectivity index (χ3v) is 5.21. The summed E-state index contributed by atoms with van der Waals surface area (Å²) in [5.74, 6) is 2.20. The summed E-state index contributed by atoms with van der Waals surface area (Å²) in [6.45, 7) is 3.90. The molecule has 29 heavy (non-hydrogen) atoms. The van der Waals surface area contributed by atoms with Crippen molar-refractivity contribution < 1.29 is 14.3 Å². The largest absolute Gasteiger partial charge is 0.486 e. The minimum absolute atomic E-state index is 0.124. The van der Waals surface area contributed by atoms with Crippen LogP contribution in [-0.2, 0) is 11.3 Å². The first-order valence-electron chi connectivity index (χ1n) is 9.40. The molecule has 1 aromatic carbocycles. The topological polar surface area (TPSA) is 91.2 Å². The minimum atomic E-state index is -0.124. The number of nitrogens with zero attached hydrogens (tertiary/aromatic N) is 4. The number of carbonyl (C=O) groups excluding carboxylic acids is 1. The van der Waals surface area contributed by atoms with Gasteiger partial charge in [0.05, 0.1) is 5.75 Å². The van der Waals surface area contributed by atoms with Gasteiger partial charge < -0.3 is 19.4 Å². The lowest BCUT2D eigenvalue weighted by atomic mass is 10.2. The molecule has 0 saturated carbocycles. The van der Waals surface area contributed by atoms with Crippen molar-refractivity contribution in [2.24, 2.45) is 0 Å². The molecule has 0 unspecified atom stereocenters. The molecule has 0 spiro atoms. The number of carbonyl (C=O) groups is 1. The second-order valence-electron chi connectivity index (χ2n) is 6.39. The highest BCUT2D eigenvalue weighted by Crippen LogP contribution is 2.32. The van der Waals surface area contributed by atoms with E-state index in [1.807, 2.05) is 16.7 Å². The molecule has 1 amide bonds. The van der Waals surface area contributed by atoms with E-state index in [2.05, 4.69) is 27.4 Å². The molecule has 0 aliphatic carbocycles. The summed E-state index contributed by atoms with van der Waals surface area (Å²) < 4.78 is 13.1. The smallest absolute Gasteiger partial charge is 0.234 e. The Morgan fingerprint density at radius 2 is 2.07 bits per heavy atom. The van der Waals surface area contributed by atoms with Gasteiger partial charge in [-0.2, -0.15) is 0 Å². The monoisotopic (exact) mass is 411 g/mol. The van der Waals surface area contributed by atoms with Crippen LogP contribution in [0.25, 0.3) is 11.4 Å². The molecule has 8 nitrogen and oxygen atoms in total. The highest BCUT2D eigenvalue weighted by Gasteiger charge is 2.16. The standard InChI is InChI=1S/C20H21N5O3S/c1-2-8-25-19(14-4-3-7-21-12-14)23-24-20(25)29-13-18(26)22-15-5-6-16-17(11-15)28-10-9-27-16/h3-7,11-12H,2,8-10,13H2,1H3,(H,22,26). The highest BCUT2D eigenvalue weighted by molar-refractivity contribution is 7.99. The van der Waals surface area contributed by atoms with E-state index in [-0.39, 0.29) is 11.7 Å². The van der Waals surface area contributed by atoms with Crippen molar-refractivity contribution in [1.29, 1.82) is 0 Å². The zero-order valence-corrected chi connectivity index (χ0v) is 16.8. The van der Waals surface area contributed by atoms with Gasteiger partial charge in [0, 0.05) is 36.3 Å². The summed E-state index contributed by atoms with van der Waals surface area (Å²) in [7, 11) is 0. The van der Waals surface area contributed by atoms with E-state index >= 15 is 0 Å². The number of rotatable bonds is 7. The number of nitrogens with one attached hydrogen (secondary N) is 1. The number of hydrogen-bond acceptors (Lipinski definition) is 7. The quantitative estimate of drug-likeness (QED) is 0.597. The lowest BCUT2D eigenvalue weighted by molar-refractivity contribution is -0.113. The summed E-state index contributed by atoms with van der Waals surface area (Å²) in [5, 5.41) is 12.2. The van der Waals surface area contributed by atoms with Gasteiger partial charge in [-0.3, -0.25) is 9.78 Å². The van der Waals surface area contributed by atoms with Crippen molar-refractivity contribution in [3.05, 3.63) is 42.7 Å². The van der Waals surface area contributed by atoms with E-state index in [9.17, 15) is 4.79 Å². The van der Waals surface area contributed by atoms with Gasteiger partial charge in [-0.1, -0.05) is 18.7 Å². The zero-order chi connectivity index (χ0) is 20.1. The van der Waals surface area contributed by atoms with Crippen LogP contribution in [0, 0.1) is 0 Å². The first-order valence-corrected chi connectivity index (χ1v) is 10.4. The van der Waals surface area contributed by atoms with Gasteiger partial charge in [0.1, 0.15) is 13.2 Å². The number of ether oxygens (including phenoxy) is 2. The van der Waals surface area contributed by atoms with Crippen molar-refractivity contribution in [3.63, 3.8) is 0 Å². The summed E-state index contributed by atoms with van der Waals surface area (Å²) >= 11 is 1.36. The molecule has 1 aliphatic rings. The molecule has 0 radical (unpaired) electrons. The van der Waals surface area contributed by atoms with E-state index in [0.29, 0.717) is 35.6 Å². The maximum atomic E-state index is 12.4. The molecular formula is C20H21N5O3S. The summed E-state index contributed by atoms with van der Waals surface area (Å²) in [6.07, 6.45) is 4.42. The molecule has 0 saturated heterocycles. The van der Waals surface area contributed by atoms with Crippen molar-refractivity contribution in [2.75, 3.05) is 24.3 Å². The van der Waals surface area contributed by atoms with E-state index in [4.69, 9.17) is 9.47 Å². The lowest BCUT2D eigenvalue weighted by Crippen LogP contribution is -2.17. The Balaban J connectivity index is 1.42. The average Bonchev–Trinajstić information content (AvgIpc) is 3.16. The van der Waals surface area contributed by atoms with Gasteiger partial charge in [-0.15, -0.1) is 10.2 Å². The zero-order valence-electron chi connectivity index (χ0n) is 16.0. The maximum Gasteiger partial charge on any atom is 0.234 e. The van der Waals surface area contributed by atoms with Crippen LogP contribution >= 0.6 is 11.8 Å². The number of fused-ring (bicyclic) bond motifs is 1. The van der Waals surface area contributed by atoms with E-state index < -0.39 is 0 Å². The van der Waals surface area contributed by atoms with E-state index in [1.54, 1.807) is 30.6 Å². The third kappa shape index (κ3) is 4.51. The van der Waals surface area contributed by atoms with Crippen LogP contribution in [0.4, 0.5) is 5.69 Å². The molecule has 3 heterocycles. The molecule has 2 aromatic heterocycles. The predicted octanol–water partition coefficient (Wildman–Crippen LogP) is 3.25. The minimum Gasteiger partial charge on any atom is -0.486 e. The van der Waals surface area contributed by atoms with Crippen LogP contribution in [0.15, 0.2) is 47.9 Å². The van der Waals surface area contributed by atoms with Gasteiger partial charge in [0.2, 0.25) is 5.91 Å². The second-order valence-corrected chi connectivity index (χ2v) is 7.34. The molecule has 3 aromatic rings. The molecule has 0 fully saturated rings. The van der Waals surface area contributed by atoms with Crippen LogP contribution < -0.4 is 14.8 Å². The summed E-state index contributed by atoms with van der Waals surface area (Å²) in [4.78, 5) is 16.6. The maximum absolute atomic E-state index is 12.4. The van der Waals surface area contributed by atoms with Gasteiger partial charge in [-0.05, 0) is 30.7 Å². The molecule has 1 N–H and O–H groups in total. The SMILES string of the molecule is CCCn1c(SCC(=O)Nc2ccc3c(c2)OCCO3)nnc1-c1cccnc1. The Morgan fingerprint density at radius 1 is 1.21 bits per heavy atom. The number of thioether (sulfide) groups is 1. The van der Waals surface area contributed by atoms with Gasteiger partial charge >= 0.3 is 0 Å². The van der Waals surface area contributed by atoms with E-state index in [1.165, 1.54) is 11.8 Å². The Hall–Kier alpha value is -3.07. The number of hydrogen-bond donors (Lipinski definition) is 1. The van der Waals surface area contributed by atoms with Crippen molar-refractivity contribution in [3.8, 4) is 22.9 Å². The third-order valence-electron chi connectivity index (χ3n) is 4.24. The number of pyridine rings is 1. The molecular weight excluding hydrogens is 390 g/mol. The number of anilines is 1. The Bertz CT molecular complexity index is 993. The number of aromatic nitrogens is 4. The second kappa shape index (κ2) is 8.95. The van der Waals surface area contributed by atoms with Gasteiger partial charge in [0.25, 0.3) is 0 Å². The van der Waals surface area contributed by atoms with Crippen molar-refractivity contribution in [2.45, 2.75) is 25.0 Å². The Morgan fingerprint density at radius 3 is 2.86 bits per heavy atom. The van der Waals surface area contributed by atoms with Crippen LogP contribution in [0.2, 0.25) is 0 Å². The predicted molar refractivity (Wildman–Crippen MR) is 110 cm³/mol. The summed E-state index contributed by atoms with van der Waals surface area (Å²) in [6, 6.07) is 9.20. The Kier molecular flexibility index (Phi) is 5.95. The first-order chi connectivity index (χ1) is 14.2. The highest BCUT2D eigenvalue weighted by atomic mass is 32.2. The van der Waals surface area contributed by atoms with Crippen molar-refractivity contribution in [1.82, 2.24) is 19.7 Å². The number of amides is 1. The molecule has 0 bridgehead atoms. The van der Waals surface area contributed by atoms with E-state index in [0.717, 1.165) is 24.4 Å². The van der Waals surface area contributed by atoms with Gasteiger partial charge in [0.15, 0.2) is 22.5 Å². The van der Waals surface area contributed by atoms with Crippen molar-refractivity contribution >= 4 is 23.4 Å². The van der Waals surface area contributed by atoms with Crippen LogP contribution in [0.1, 0.15) is 13.3 Å². The fourth-order valence-corrected chi connectivity index (χ4v) is 3.74. The molecule has 150 valence electrons. The van der Waals surface area contributed by atoms with Gasteiger partial charge in [-0.25, -0.2) is 0 Å². The molecule has 9 heteroatoms. The van der Waals surface area contributed by atoms with Crippen LogP contribution in [0.3, 0.4) is 0 Å². The Labute approximate surface area is 172 Å². The fraction of sp³-hybridized carbons (Fsp3) is 0.300. The molecule has 4 rings (SSSR count). The average molecular weight is 411 g/mol. The lowest BCUT2D eigenvalue weighted by Gasteiger charge is -2.19. The van der Waals surface area contributed by atoms with Crippen LogP contribution in [-0.4, -0.2) is 44.6 Å². The number of benzene rings is 1.